The van der Waals surface area contributed by atoms with Gasteiger partial charge in [0.2, 0.25) is 5.91 Å². The fraction of sp³-hybridized carbons (Fsp3) is 0.513. The lowest BCUT2D eigenvalue weighted by atomic mass is 9.53. The van der Waals surface area contributed by atoms with Gasteiger partial charge in [-0.1, -0.05) is 37.1 Å². The average molecular weight is 633 g/mol. The number of likely N-dealkylation sites (tertiary alicyclic amines) is 1. The van der Waals surface area contributed by atoms with Gasteiger partial charge in [-0.15, -0.1) is 6.42 Å². The Morgan fingerprint density at radius 3 is 2.60 bits per heavy atom. The number of anilines is 1. The van der Waals surface area contributed by atoms with Crippen molar-refractivity contribution in [1.29, 1.82) is 0 Å². The highest BCUT2D eigenvalue weighted by molar-refractivity contribution is 5.98. The molecular formula is C39H44N4O4. The summed E-state index contributed by atoms with van der Waals surface area (Å²) in [4.78, 5) is 37.8. The first-order valence-corrected chi connectivity index (χ1v) is 17.5. The molecule has 2 amide bonds. The van der Waals surface area contributed by atoms with E-state index >= 15 is 0 Å². The van der Waals surface area contributed by atoms with Crippen LogP contribution < -0.4 is 4.90 Å². The topological polar surface area (TPSA) is 97.2 Å². The lowest BCUT2D eigenvalue weighted by molar-refractivity contribution is -0.135. The molecule has 6 atom stereocenters. The van der Waals surface area contributed by atoms with Crippen LogP contribution >= 0.6 is 0 Å². The highest BCUT2D eigenvalue weighted by atomic mass is 16.3. The number of pyridine rings is 1. The van der Waals surface area contributed by atoms with Crippen LogP contribution in [-0.2, 0) is 11.2 Å². The largest absolute Gasteiger partial charge is 0.506 e. The van der Waals surface area contributed by atoms with Gasteiger partial charge in [-0.05, 0) is 105 Å². The van der Waals surface area contributed by atoms with Crippen molar-refractivity contribution < 1.29 is 19.8 Å². The van der Waals surface area contributed by atoms with E-state index in [9.17, 15) is 19.8 Å². The summed E-state index contributed by atoms with van der Waals surface area (Å²) in [6, 6.07) is 15.1. The van der Waals surface area contributed by atoms with Gasteiger partial charge in [0.15, 0.2) is 0 Å². The van der Waals surface area contributed by atoms with Crippen LogP contribution in [0.3, 0.4) is 0 Å². The number of benzene rings is 2. The summed E-state index contributed by atoms with van der Waals surface area (Å²) in [6.07, 6.45) is 12.9. The number of phenolic OH excluding ortho intramolecular Hbond substituents is 1. The van der Waals surface area contributed by atoms with E-state index < -0.39 is 11.6 Å². The number of fused-ring (bicyclic) bond motifs is 6. The second-order valence-corrected chi connectivity index (χ2v) is 14.8. The normalized spacial score (nSPS) is 31.6. The molecule has 0 radical (unpaired) electrons. The third-order valence-corrected chi connectivity index (χ3v) is 12.8. The number of phenols is 1. The number of aromatic hydroxyl groups is 1. The molecule has 2 aromatic carbocycles. The van der Waals surface area contributed by atoms with E-state index in [1.54, 1.807) is 11.0 Å². The summed E-state index contributed by atoms with van der Waals surface area (Å²) in [5, 5.41) is 23.5. The molecule has 3 aromatic rings. The zero-order chi connectivity index (χ0) is 32.5. The minimum absolute atomic E-state index is 0.00235. The Labute approximate surface area is 276 Å². The lowest BCUT2D eigenvalue weighted by Gasteiger charge is -2.52. The zero-order valence-electron chi connectivity index (χ0n) is 27.2. The Kier molecular flexibility index (Phi) is 7.25. The smallest absolute Gasteiger partial charge is 0.273 e. The second kappa shape index (κ2) is 11.3. The monoisotopic (exact) mass is 632 g/mol. The number of carbonyl (C=O) groups is 2. The maximum absolute atomic E-state index is 13.8. The molecule has 2 saturated heterocycles. The molecule has 8 rings (SSSR count). The number of rotatable bonds is 3. The third-order valence-electron chi connectivity index (χ3n) is 12.8. The minimum atomic E-state index is -1.02. The maximum atomic E-state index is 13.8. The molecule has 3 aliphatic carbocycles. The van der Waals surface area contributed by atoms with Crippen LogP contribution in [0.4, 0.5) is 5.69 Å². The van der Waals surface area contributed by atoms with Crippen molar-refractivity contribution in [2.75, 3.05) is 37.6 Å². The highest BCUT2D eigenvalue weighted by Crippen LogP contribution is 2.64. The molecule has 2 N–H and O–H groups in total. The highest BCUT2D eigenvalue weighted by Gasteiger charge is 2.61. The summed E-state index contributed by atoms with van der Waals surface area (Å²) in [7, 11) is 0. The van der Waals surface area contributed by atoms with Crippen molar-refractivity contribution in [2.45, 2.75) is 75.9 Å². The molecule has 0 spiro atoms. The molecule has 1 aromatic heterocycles. The standard InChI is InChI=1S/C39H44N4O4/c1-3-39(47)17-15-30-28-12-10-26-23-35(44)34(24-29(26)27(28)14-16-38(30,39)2)41-19-21-42(22-20-41)37(46)33-9-6-18-43(33)36(45)32-13-11-25-7-4-5-8-31(25)40-32/h1,4-5,7-8,11,13,23-24,27-28,30,33,44,47H,6,9-10,12,14-22H2,2H3/t27-,28+,30-,33-,38-,39+/m0/s1. The number of piperazine rings is 1. The van der Waals surface area contributed by atoms with Crippen LogP contribution in [0.15, 0.2) is 48.5 Å². The van der Waals surface area contributed by atoms with Gasteiger partial charge >= 0.3 is 0 Å². The fourth-order valence-electron chi connectivity index (χ4n) is 10.1. The first kappa shape index (κ1) is 30.3. The molecule has 47 heavy (non-hydrogen) atoms. The van der Waals surface area contributed by atoms with Gasteiger partial charge in [-0.25, -0.2) is 4.98 Å². The number of carbonyl (C=O) groups excluding carboxylic acids is 2. The van der Waals surface area contributed by atoms with E-state index in [0.29, 0.717) is 74.8 Å². The Morgan fingerprint density at radius 1 is 0.979 bits per heavy atom. The van der Waals surface area contributed by atoms with Gasteiger partial charge in [0, 0.05) is 43.5 Å². The van der Waals surface area contributed by atoms with Gasteiger partial charge < -0.3 is 24.9 Å². The number of hydrogen-bond acceptors (Lipinski definition) is 6. The number of amides is 2. The predicted molar refractivity (Wildman–Crippen MR) is 181 cm³/mol. The van der Waals surface area contributed by atoms with Crippen LogP contribution in [0.1, 0.15) is 79.4 Å². The molecule has 8 heteroatoms. The third kappa shape index (κ3) is 4.72. The summed E-state index contributed by atoms with van der Waals surface area (Å²) in [5.41, 5.74) is 3.31. The molecule has 3 heterocycles. The number of hydrogen-bond donors (Lipinski definition) is 2. The molecule has 0 bridgehead atoms. The predicted octanol–water partition coefficient (Wildman–Crippen LogP) is 5.11. The lowest BCUT2D eigenvalue weighted by Crippen LogP contribution is -2.54. The Balaban J connectivity index is 0.956. The average Bonchev–Trinajstić information content (AvgIpc) is 3.70. The van der Waals surface area contributed by atoms with Gasteiger partial charge in [0.1, 0.15) is 23.1 Å². The Morgan fingerprint density at radius 2 is 1.79 bits per heavy atom. The van der Waals surface area contributed by atoms with Crippen molar-refractivity contribution in [3.63, 3.8) is 0 Å². The van der Waals surface area contributed by atoms with Crippen molar-refractivity contribution in [1.82, 2.24) is 14.8 Å². The van der Waals surface area contributed by atoms with E-state index in [0.717, 1.165) is 55.1 Å². The Hall–Kier alpha value is -4.09. The molecule has 2 saturated carbocycles. The molecule has 0 unspecified atom stereocenters. The van der Waals surface area contributed by atoms with E-state index in [1.807, 2.05) is 41.3 Å². The molecule has 5 aliphatic rings. The van der Waals surface area contributed by atoms with Crippen molar-refractivity contribution in [2.24, 2.45) is 17.3 Å². The van der Waals surface area contributed by atoms with Crippen LogP contribution in [-0.4, -0.2) is 81.2 Å². The molecule has 244 valence electrons. The quantitative estimate of drug-likeness (QED) is 0.390. The molecule has 2 aliphatic heterocycles. The summed E-state index contributed by atoms with van der Waals surface area (Å²) < 4.78 is 0. The van der Waals surface area contributed by atoms with Gasteiger partial charge in [0.05, 0.1) is 11.2 Å². The van der Waals surface area contributed by atoms with Crippen LogP contribution in [0.25, 0.3) is 10.9 Å². The minimum Gasteiger partial charge on any atom is -0.506 e. The van der Waals surface area contributed by atoms with Crippen LogP contribution in [0.2, 0.25) is 0 Å². The van der Waals surface area contributed by atoms with Crippen molar-refractivity contribution >= 4 is 28.4 Å². The second-order valence-electron chi connectivity index (χ2n) is 14.8. The van der Waals surface area contributed by atoms with Gasteiger partial charge in [-0.3, -0.25) is 9.59 Å². The number of aromatic nitrogens is 1. The number of aryl methyl sites for hydroxylation is 1. The number of aliphatic hydroxyl groups is 1. The summed E-state index contributed by atoms with van der Waals surface area (Å²) >= 11 is 0. The number of nitrogens with zero attached hydrogens (tertiary/aromatic N) is 4. The SMILES string of the molecule is C#C[C@@]1(O)CC[C@H]2[C@@H]3CCc4cc(O)c(N5CCN(C(=O)[C@@H]6CCCN6C(=O)c6ccc7ccccc7n6)CC5)cc4[C@H]3CC[C@@]21C. The van der Waals surface area contributed by atoms with E-state index in [2.05, 4.69) is 28.8 Å². The summed E-state index contributed by atoms with van der Waals surface area (Å²) in [5.74, 6) is 4.18. The van der Waals surface area contributed by atoms with E-state index in [4.69, 9.17) is 6.42 Å². The maximum Gasteiger partial charge on any atom is 0.273 e. The Bertz CT molecular complexity index is 1790. The number of terminal acetylenes is 1. The molecule has 4 fully saturated rings. The van der Waals surface area contributed by atoms with E-state index in [-0.39, 0.29) is 17.2 Å². The van der Waals surface area contributed by atoms with E-state index in [1.165, 1.54) is 11.1 Å². The fourth-order valence-corrected chi connectivity index (χ4v) is 10.1. The molecule has 8 nitrogen and oxygen atoms in total. The van der Waals surface area contributed by atoms with Gasteiger partial charge in [0.25, 0.3) is 5.91 Å². The van der Waals surface area contributed by atoms with Crippen LogP contribution in [0, 0.1) is 29.6 Å². The number of para-hydroxylation sites is 1. The molecular weight excluding hydrogens is 588 g/mol. The van der Waals surface area contributed by atoms with Crippen molar-refractivity contribution in [3.8, 4) is 18.1 Å². The zero-order valence-corrected chi connectivity index (χ0v) is 27.2. The summed E-state index contributed by atoms with van der Waals surface area (Å²) in [6.45, 7) is 5.08. The first-order chi connectivity index (χ1) is 22.7. The first-order valence-electron chi connectivity index (χ1n) is 17.5. The van der Waals surface area contributed by atoms with Crippen LogP contribution in [0.5, 0.6) is 5.75 Å². The van der Waals surface area contributed by atoms with Gasteiger partial charge in [-0.2, -0.15) is 0 Å². The van der Waals surface area contributed by atoms with Crippen molar-refractivity contribution in [3.05, 3.63) is 65.4 Å².